The number of halogens is 1. The quantitative estimate of drug-likeness (QED) is 0.837. The average molecular weight is 307 g/mol. The molecule has 1 amide bonds. The molecule has 1 aromatic rings. The number of carbonyl (C=O) groups is 1. The van der Waals surface area contributed by atoms with E-state index in [2.05, 4.69) is 27.3 Å². The first-order valence-electron chi connectivity index (χ1n) is 5.42. The predicted octanol–water partition coefficient (Wildman–Crippen LogP) is 2.56. The molecule has 0 radical (unpaired) electrons. The van der Waals surface area contributed by atoms with Crippen molar-refractivity contribution in [2.45, 2.75) is 19.3 Å². The van der Waals surface area contributed by atoms with Crippen LogP contribution in [0, 0.1) is 11.3 Å². The highest BCUT2D eigenvalue weighted by molar-refractivity contribution is 9.10. The van der Waals surface area contributed by atoms with Crippen molar-refractivity contribution in [1.29, 1.82) is 5.26 Å². The van der Waals surface area contributed by atoms with Gasteiger partial charge in [-0.2, -0.15) is 5.26 Å². The number of nitrogens with zero attached hydrogens (tertiary/aromatic N) is 1. The summed E-state index contributed by atoms with van der Waals surface area (Å²) >= 11 is 3.32. The summed E-state index contributed by atoms with van der Waals surface area (Å²) in [6.07, 6.45) is 0.171. The van der Waals surface area contributed by atoms with E-state index < -0.39 is 0 Å². The maximum atomic E-state index is 11.6. The molecule has 1 aromatic carbocycles. The molecule has 1 aliphatic heterocycles. The summed E-state index contributed by atoms with van der Waals surface area (Å²) in [5.41, 5.74) is 1.64. The maximum absolute atomic E-state index is 11.6. The van der Waals surface area contributed by atoms with Crippen LogP contribution in [0.25, 0.3) is 0 Å². The Kier molecular flexibility index (Phi) is 3.39. The second kappa shape index (κ2) is 4.83. The number of carbonyl (C=O) groups excluding carboxylic acids is 1. The van der Waals surface area contributed by atoms with Gasteiger partial charge in [0.1, 0.15) is 5.75 Å². The smallest absolute Gasteiger partial charge is 0.225 e. The molecule has 0 saturated heterocycles. The Morgan fingerprint density at radius 2 is 2.28 bits per heavy atom. The minimum Gasteiger partial charge on any atom is -0.508 e. The summed E-state index contributed by atoms with van der Waals surface area (Å²) in [4.78, 5) is 11.6. The van der Waals surface area contributed by atoms with Crippen LogP contribution in [0.15, 0.2) is 33.9 Å². The number of hydrogen-bond acceptors (Lipinski definition) is 3. The third-order valence-electron chi connectivity index (χ3n) is 2.95. The zero-order chi connectivity index (χ0) is 13.3. The highest BCUT2D eigenvalue weighted by Crippen LogP contribution is 2.38. The fourth-order valence-electron chi connectivity index (χ4n) is 2.11. The Balaban J connectivity index is 2.55. The van der Waals surface area contributed by atoms with Gasteiger partial charge in [0.2, 0.25) is 5.91 Å². The van der Waals surface area contributed by atoms with E-state index in [0.717, 1.165) is 4.47 Å². The van der Waals surface area contributed by atoms with Crippen molar-refractivity contribution >= 4 is 21.8 Å². The number of benzene rings is 1. The van der Waals surface area contributed by atoms with Gasteiger partial charge < -0.3 is 10.4 Å². The Morgan fingerprint density at radius 3 is 2.94 bits per heavy atom. The van der Waals surface area contributed by atoms with Crippen LogP contribution in [0.1, 0.15) is 24.8 Å². The number of amides is 1. The molecule has 1 atom stereocenters. The normalized spacial score (nSPS) is 19.4. The van der Waals surface area contributed by atoms with E-state index in [9.17, 15) is 15.2 Å². The lowest BCUT2D eigenvalue weighted by atomic mass is 9.85. The minimum absolute atomic E-state index is 0.0958. The Morgan fingerprint density at radius 1 is 1.56 bits per heavy atom. The molecule has 0 saturated carbocycles. The first-order valence-corrected chi connectivity index (χ1v) is 6.21. The SMILES string of the molecule is CC1=C(C#N)C(c2cc(Br)ccc2O)CC(=O)N1. The topological polar surface area (TPSA) is 73.1 Å². The summed E-state index contributed by atoms with van der Waals surface area (Å²) < 4.78 is 0.802. The molecule has 0 aromatic heterocycles. The van der Waals surface area contributed by atoms with E-state index in [1.54, 1.807) is 25.1 Å². The van der Waals surface area contributed by atoms with E-state index in [-0.39, 0.29) is 24.0 Å². The number of phenolic OH excluding ortho intramolecular Hbond substituents is 1. The number of rotatable bonds is 1. The molecule has 92 valence electrons. The zero-order valence-electron chi connectivity index (χ0n) is 9.70. The van der Waals surface area contributed by atoms with Gasteiger partial charge in [-0.15, -0.1) is 0 Å². The van der Waals surface area contributed by atoms with Crippen molar-refractivity contribution in [2.24, 2.45) is 0 Å². The summed E-state index contributed by atoms with van der Waals surface area (Å²) in [7, 11) is 0. The first-order chi connectivity index (χ1) is 8.52. The number of hydrogen-bond donors (Lipinski definition) is 2. The third kappa shape index (κ3) is 2.24. The van der Waals surface area contributed by atoms with E-state index in [1.807, 2.05) is 0 Å². The van der Waals surface area contributed by atoms with Crippen LogP contribution < -0.4 is 5.32 Å². The molecule has 18 heavy (non-hydrogen) atoms. The molecule has 4 nitrogen and oxygen atoms in total. The van der Waals surface area contributed by atoms with Crippen LogP contribution in [0.5, 0.6) is 5.75 Å². The van der Waals surface area contributed by atoms with Gasteiger partial charge in [0.15, 0.2) is 0 Å². The van der Waals surface area contributed by atoms with Crippen LogP contribution in [-0.2, 0) is 4.79 Å². The molecule has 0 aliphatic carbocycles. The molecule has 1 heterocycles. The lowest BCUT2D eigenvalue weighted by Gasteiger charge is -2.24. The minimum atomic E-state index is -0.388. The predicted molar refractivity (Wildman–Crippen MR) is 69.6 cm³/mol. The van der Waals surface area contributed by atoms with E-state index >= 15 is 0 Å². The number of allylic oxidation sites excluding steroid dienone is 2. The van der Waals surface area contributed by atoms with Crippen molar-refractivity contribution in [3.05, 3.63) is 39.5 Å². The largest absolute Gasteiger partial charge is 0.508 e. The van der Waals surface area contributed by atoms with Gasteiger partial charge >= 0.3 is 0 Å². The first kappa shape index (κ1) is 12.7. The average Bonchev–Trinajstić information content (AvgIpc) is 2.31. The number of phenols is 1. The van der Waals surface area contributed by atoms with Crippen LogP contribution in [-0.4, -0.2) is 11.0 Å². The molecule has 1 unspecified atom stereocenters. The summed E-state index contributed by atoms with van der Waals surface area (Å²) in [5, 5.41) is 21.7. The van der Waals surface area contributed by atoms with Crippen molar-refractivity contribution in [2.75, 3.05) is 0 Å². The van der Waals surface area contributed by atoms with Crippen LogP contribution in [0.4, 0.5) is 0 Å². The second-order valence-corrected chi connectivity index (χ2v) is 5.07. The zero-order valence-corrected chi connectivity index (χ0v) is 11.3. The molecule has 2 rings (SSSR count). The van der Waals surface area contributed by atoms with Gasteiger partial charge in [-0.05, 0) is 25.1 Å². The van der Waals surface area contributed by atoms with Crippen LogP contribution in [0.2, 0.25) is 0 Å². The maximum Gasteiger partial charge on any atom is 0.225 e. The van der Waals surface area contributed by atoms with Gasteiger partial charge in [-0.25, -0.2) is 0 Å². The van der Waals surface area contributed by atoms with E-state index in [0.29, 0.717) is 16.8 Å². The molecular formula is C13H11BrN2O2. The second-order valence-electron chi connectivity index (χ2n) is 4.16. The fourth-order valence-corrected chi connectivity index (χ4v) is 2.49. The summed E-state index contributed by atoms with van der Waals surface area (Å²) in [6, 6.07) is 7.11. The van der Waals surface area contributed by atoms with Gasteiger partial charge in [-0.3, -0.25) is 4.79 Å². The van der Waals surface area contributed by atoms with E-state index in [4.69, 9.17) is 0 Å². The highest BCUT2D eigenvalue weighted by Gasteiger charge is 2.29. The highest BCUT2D eigenvalue weighted by atomic mass is 79.9. The third-order valence-corrected chi connectivity index (χ3v) is 3.45. The molecule has 1 aliphatic rings. The summed E-state index contributed by atoms with van der Waals surface area (Å²) in [6.45, 7) is 1.69. The van der Waals surface area contributed by atoms with Gasteiger partial charge in [-0.1, -0.05) is 15.9 Å². The molecule has 2 N–H and O–H groups in total. The van der Waals surface area contributed by atoms with Gasteiger partial charge in [0.25, 0.3) is 0 Å². The Labute approximate surface area is 113 Å². The standard InChI is InChI=1S/C13H11BrN2O2/c1-7-11(6-15)9(5-13(18)16-7)10-4-8(14)2-3-12(10)17/h2-4,9,17H,5H2,1H3,(H,16,18). The lowest BCUT2D eigenvalue weighted by Crippen LogP contribution is -2.30. The molecule has 0 spiro atoms. The molecule has 5 heteroatoms. The monoisotopic (exact) mass is 306 g/mol. The van der Waals surface area contributed by atoms with Crippen LogP contribution >= 0.6 is 15.9 Å². The molecule has 0 bridgehead atoms. The van der Waals surface area contributed by atoms with Gasteiger partial charge in [0.05, 0.1) is 11.6 Å². The molecule has 0 fully saturated rings. The van der Waals surface area contributed by atoms with E-state index in [1.165, 1.54) is 0 Å². The number of nitrogens with one attached hydrogen (secondary N) is 1. The van der Waals surface area contributed by atoms with Gasteiger partial charge in [0, 0.05) is 28.1 Å². The molecular weight excluding hydrogens is 296 g/mol. The van der Waals surface area contributed by atoms with Crippen molar-refractivity contribution in [1.82, 2.24) is 5.32 Å². The van der Waals surface area contributed by atoms with Crippen molar-refractivity contribution < 1.29 is 9.90 Å². The van der Waals surface area contributed by atoms with Crippen molar-refractivity contribution in [3.63, 3.8) is 0 Å². The van der Waals surface area contributed by atoms with Crippen molar-refractivity contribution in [3.8, 4) is 11.8 Å². The Hall–Kier alpha value is -1.80. The lowest BCUT2D eigenvalue weighted by molar-refractivity contribution is -0.121. The fraction of sp³-hybridized carbons (Fsp3) is 0.231. The summed E-state index contributed by atoms with van der Waals surface area (Å²) in [5.74, 6) is -0.435. The number of aromatic hydroxyl groups is 1. The van der Waals surface area contributed by atoms with Crippen LogP contribution in [0.3, 0.4) is 0 Å². The Bertz CT molecular complexity index is 587. The number of nitriles is 1.